The number of carboxylic acid groups (broad SMARTS) is 1. The average Bonchev–Trinajstić information content (AvgIpc) is 2.27. The first-order valence-corrected chi connectivity index (χ1v) is 4.95. The van der Waals surface area contributed by atoms with Crippen molar-refractivity contribution in [2.75, 3.05) is 7.11 Å². The molecule has 0 amide bonds. The van der Waals surface area contributed by atoms with Crippen molar-refractivity contribution in [2.45, 2.75) is 6.42 Å². The fourth-order valence-electron chi connectivity index (χ4n) is 1.66. The molecule has 0 fully saturated rings. The molecule has 0 spiro atoms. The number of fused-ring (bicyclic) bond motifs is 1. The molecule has 1 N–H and O–H groups in total. The number of aromatic nitrogens is 1. The molecular formula is C12H10FNO3. The lowest BCUT2D eigenvalue weighted by Gasteiger charge is -2.07. The van der Waals surface area contributed by atoms with Crippen molar-refractivity contribution >= 4 is 16.9 Å². The van der Waals surface area contributed by atoms with Gasteiger partial charge in [-0.15, -0.1) is 0 Å². The highest BCUT2D eigenvalue weighted by Gasteiger charge is 2.10. The van der Waals surface area contributed by atoms with Gasteiger partial charge < -0.3 is 9.84 Å². The van der Waals surface area contributed by atoms with Gasteiger partial charge in [-0.05, 0) is 17.7 Å². The summed E-state index contributed by atoms with van der Waals surface area (Å²) < 4.78 is 18.0. The summed E-state index contributed by atoms with van der Waals surface area (Å²) in [5.74, 6) is -1.09. The molecular weight excluding hydrogens is 225 g/mol. The zero-order chi connectivity index (χ0) is 12.4. The highest BCUT2D eigenvalue weighted by atomic mass is 19.1. The number of nitrogens with zero attached hydrogens (tertiary/aromatic N) is 1. The third kappa shape index (κ3) is 2.33. The van der Waals surface area contributed by atoms with E-state index >= 15 is 0 Å². The molecule has 0 saturated heterocycles. The second-order valence-corrected chi connectivity index (χ2v) is 3.56. The fourth-order valence-corrected chi connectivity index (χ4v) is 1.66. The summed E-state index contributed by atoms with van der Waals surface area (Å²) in [4.78, 5) is 14.8. The second kappa shape index (κ2) is 4.37. The van der Waals surface area contributed by atoms with Gasteiger partial charge in [0.2, 0.25) is 5.88 Å². The number of pyridine rings is 1. The van der Waals surface area contributed by atoms with E-state index in [2.05, 4.69) is 4.98 Å². The molecule has 88 valence electrons. The number of carbonyl (C=O) groups is 1. The van der Waals surface area contributed by atoms with Crippen LogP contribution in [0.5, 0.6) is 5.88 Å². The van der Waals surface area contributed by atoms with Gasteiger partial charge in [0.25, 0.3) is 0 Å². The first kappa shape index (κ1) is 11.3. The summed E-state index contributed by atoms with van der Waals surface area (Å²) >= 11 is 0. The Morgan fingerprint density at radius 3 is 2.88 bits per heavy atom. The molecule has 1 aromatic carbocycles. The lowest BCUT2D eigenvalue weighted by Crippen LogP contribution is -2.02. The van der Waals surface area contributed by atoms with E-state index in [9.17, 15) is 9.18 Å². The lowest BCUT2D eigenvalue weighted by atomic mass is 10.1. The Morgan fingerprint density at radius 2 is 2.24 bits per heavy atom. The number of rotatable bonds is 3. The Morgan fingerprint density at radius 1 is 1.47 bits per heavy atom. The van der Waals surface area contributed by atoms with Crippen LogP contribution in [0.3, 0.4) is 0 Å². The molecule has 0 aliphatic carbocycles. The first-order valence-electron chi connectivity index (χ1n) is 4.95. The number of aliphatic carboxylic acids is 1. The number of carboxylic acids is 1. The maximum Gasteiger partial charge on any atom is 0.307 e. The van der Waals surface area contributed by atoms with Crippen LogP contribution in [0.4, 0.5) is 4.39 Å². The van der Waals surface area contributed by atoms with E-state index in [1.54, 1.807) is 6.07 Å². The van der Waals surface area contributed by atoms with Crippen LogP contribution in [0.2, 0.25) is 0 Å². The molecule has 2 aromatic rings. The average molecular weight is 235 g/mol. The van der Waals surface area contributed by atoms with Gasteiger partial charge in [0.05, 0.1) is 19.0 Å². The van der Waals surface area contributed by atoms with Crippen molar-refractivity contribution < 1.29 is 19.0 Å². The summed E-state index contributed by atoms with van der Waals surface area (Å²) in [5.41, 5.74) is 0.944. The minimum absolute atomic E-state index is 0.152. The Hall–Kier alpha value is -2.17. The van der Waals surface area contributed by atoms with Crippen LogP contribution in [-0.2, 0) is 11.2 Å². The number of hydrogen-bond acceptors (Lipinski definition) is 3. The molecule has 1 aromatic heterocycles. The Kier molecular flexibility index (Phi) is 2.91. The van der Waals surface area contributed by atoms with Crippen molar-refractivity contribution in [1.82, 2.24) is 4.98 Å². The maximum atomic E-state index is 13.1. The van der Waals surface area contributed by atoms with Gasteiger partial charge in [-0.1, -0.05) is 0 Å². The van der Waals surface area contributed by atoms with E-state index in [1.807, 2.05) is 0 Å². The molecule has 0 saturated carbocycles. The number of hydrogen-bond donors (Lipinski definition) is 1. The van der Waals surface area contributed by atoms with Gasteiger partial charge in [0.1, 0.15) is 5.82 Å². The third-order valence-corrected chi connectivity index (χ3v) is 2.38. The molecule has 17 heavy (non-hydrogen) atoms. The predicted molar refractivity (Wildman–Crippen MR) is 59.6 cm³/mol. The maximum absolute atomic E-state index is 13.1. The highest BCUT2D eigenvalue weighted by Crippen LogP contribution is 2.23. The Labute approximate surface area is 96.7 Å². The number of methoxy groups -OCH3 is 1. The zero-order valence-corrected chi connectivity index (χ0v) is 9.11. The van der Waals surface area contributed by atoms with Crippen LogP contribution in [0.25, 0.3) is 10.9 Å². The van der Waals surface area contributed by atoms with E-state index in [1.165, 1.54) is 25.3 Å². The largest absolute Gasteiger partial charge is 0.481 e. The van der Waals surface area contributed by atoms with E-state index < -0.39 is 11.8 Å². The van der Waals surface area contributed by atoms with E-state index in [4.69, 9.17) is 9.84 Å². The standard InChI is InChI=1S/C12H10FNO3/c1-17-11-4-7(5-12(15)16)9-3-2-8(13)6-10(9)14-11/h2-4,6H,5H2,1H3,(H,15,16). The molecule has 0 unspecified atom stereocenters. The van der Waals surface area contributed by atoms with Crippen molar-refractivity contribution in [3.05, 3.63) is 35.6 Å². The Bertz CT molecular complexity index is 583. The molecule has 1 heterocycles. The van der Waals surface area contributed by atoms with Gasteiger partial charge in [-0.25, -0.2) is 9.37 Å². The quantitative estimate of drug-likeness (QED) is 0.884. The van der Waals surface area contributed by atoms with Gasteiger partial charge in [-0.2, -0.15) is 0 Å². The molecule has 0 atom stereocenters. The molecule has 0 aliphatic heterocycles. The minimum Gasteiger partial charge on any atom is -0.481 e. The van der Waals surface area contributed by atoms with Crippen LogP contribution in [0.1, 0.15) is 5.56 Å². The van der Waals surface area contributed by atoms with Crippen LogP contribution in [0, 0.1) is 5.82 Å². The van der Waals surface area contributed by atoms with Crippen molar-refractivity contribution in [1.29, 1.82) is 0 Å². The predicted octanol–water partition coefficient (Wildman–Crippen LogP) is 2.01. The lowest BCUT2D eigenvalue weighted by molar-refractivity contribution is -0.136. The number of halogens is 1. The summed E-state index contributed by atoms with van der Waals surface area (Å²) in [6, 6.07) is 5.61. The molecule has 0 radical (unpaired) electrons. The van der Waals surface area contributed by atoms with Crippen LogP contribution in [0.15, 0.2) is 24.3 Å². The van der Waals surface area contributed by atoms with Gasteiger partial charge in [0.15, 0.2) is 0 Å². The van der Waals surface area contributed by atoms with Crippen LogP contribution >= 0.6 is 0 Å². The fraction of sp³-hybridized carbons (Fsp3) is 0.167. The molecule has 4 nitrogen and oxygen atoms in total. The highest BCUT2D eigenvalue weighted by molar-refractivity contribution is 5.86. The summed E-state index contributed by atoms with van der Waals surface area (Å²) in [6.07, 6.45) is -0.152. The minimum atomic E-state index is -0.955. The summed E-state index contributed by atoms with van der Waals surface area (Å²) in [6.45, 7) is 0. The third-order valence-electron chi connectivity index (χ3n) is 2.38. The van der Waals surface area contributed by atoms with Gasteiger partial charge in [0, 0.05) is 17.5 Å². The zero-order valence-electron chi connectivity index (χ0n) is 9.11. The van der Waals surface area contributed by atoms with Gasteiger partial charge in [-0.3, -0.25) is 4.79 Å². The van der Waals surface area contributed by atoms with E-state index in [0.717, 1.165) is 0 Å². The normalized spacial score (nSPS) is 10.5. The van der Waals surface area contributed by atoms with Gasteiger partial charge >= 0.3 is 5.97 Å². The number of benzene rings is 1. The second-order valence-electron chi connectivity index (χ2n) is 3.56. The molecule has 0 bridgehead atoms. The van der Waals surface area contributed by atoms with Crippen molar-refractivity contribution in [3.8, 4) is 5.88 Å². The molecule has 5 heteroatoms. The van der Waals surface area contributed by atoms with E-state index in [-0.39, 0.29) is 12.3 Å². The number of ether oxygens (including phenoxy) is 1. The van der Waals surface area contributed by atoms with E-state index in [0.29, 0.717) is 16.5 Å². The van der Waals surface area contributed by atoms with Crippen molar-refractivity contribution in [3.63, 3.8) is 0 Å². The monoisotopic (exact) mass is 235 g/mol. The summed E-state index contributed by atoms with van der Waals surface area (Å²) in [5, 5.41) is 9.43. The summed E-state index contributed by atoms with van der Waals surface area (Å²) in [7, 11) is 1.43. The Balaban J connectivity index is 2.66. The van der Waals surface area contributed by atoms with Crippen molar-refractivity contribution in [2.24, 2.45) is 0 Å². The molecule has 0 aliphatic rings. The van der Waals surface area contributed by atoms with Crippen LogP contribution < -0.4 is 4.74 Å². The topological polar surface area (TPSA) is 59.4 Å². The smallest absolute Gasteiger partial charge is 0.307 e. The first-order chi connectivity index (χ1) is 8.10. The molecule has 2 rings (SSSR count). The van der Waals surface area contributed by atoms with Crippen LogP contribution in [-0.4, -0.2) is 23.2 Å². The SMILES string of the molecule is COc1cc(CC(=O)O)c2ccc(F)cc2n1.